The van der Waals surface area contributed by atoms with Gasteiger partial charge in [-0.05, 0) is 24.6 Å². The van der Waals surface area contributed by atoms with Gasteiger partial charge in [-0.15, -0.1) is 0 Å². The molecule has 11 heteroatoms. The number of aliphatic hydroxyl groups excluding tert-OH is 1. The minimum atomic E-state index is -4.58. The van der Waals surface area contributed by atoms with Gasteiger partial charge in [-0.2, -0.15) is 13.2 Å². The number of benzene rings is 1. The third-order valence-corrected chi connectivity index (χ3v) is 4.29. The summed E-state index contributed by atoms with van der Waals surface area (Å²) in [5, 5.41) is 12.0. The standard InChI is InChI=1S/C17H18ClF3N4O3/c1-16(8-26,10-5-4-9(6-11(10)18)17(19,20)21)24-14(28)12-7-13(27)23-15(22-12)25(2)3/h4-7,26H,8H2,1-3H3,(H,24,28)(H,22,23,27). The topological polar surface area (TPSA) is 98.3 Å². The van der Waals surface area contributed by atoms with Crippen molar-refractivity contribution in [1.29, 1.82) is 0 Å². The lowest BCUT2D eigenvalue weighted by atomic mass is 9.91. The van der Waals surface area contributed by atoms with Gasteiger partial charge in [0, 0.05) is 25.2 Å². The van der Waals surface area contributed by atoms with E-state index in [4.69, 9.17) is 11.6 Å². The molecule has 1 aromatic carbocycles. The van der Waals surface area contributed by atoms with Crippen LogP contribution in [0.5, 0.6) is 0 Å². The predicted molar refractivity (Wildman–Crippen MR) is 97.5 cm³/mol. The number of aromatic nitrogens is 2. The molecule has 0 saturated heterocycles. The highest BCUT2D eigenvalue weighted by atomic mass is 35.5. The van der Waals surface area contributed by atoms with Crippen LogP contribution < -0.4 is 15.8 Å². The summed E-state index contributed by atoms with van der Waals surface area (Å²) in [5.41, 5.74) is -3.19. The van der Waals surface area contributed by atoms with Crippen molar-refractivity contribution in [3.63, 3.8) is 0 Å². The molecule has 0 aliphatic rings. The molecule has 2 rings (SSSR count). The van der Waals surface area contributed by atoms with Crippen molar-refractivity contribution in [2.24, 2.45) is 0 Å². The molecule has 2 aromatic rings. The molecule has 3 N–H and O–H groups in total. The van der Waals surface area contributed by atoms with E-state index in [9.17, 15) is 27.9 Å². The van der Waals surface area contributed by atoms with Gasteiger partial charge in [0.25, 0.3) is 11.5 Å². The number of nitrogens with one attached hydrogen (secondary N) is 2. The summed E-state index contributed by atoms with van der Waals surface area (Å²) < 4.78 is 38.5. The molecular weight excluding hydrogens is 401 g/mol. The Hall–Kier alpha value is -2.59. The first-order valence-electron chi connectivity index (χ1n) is 7.96. The van der Waals surface area contributed by atoms with E-state index < -0.39 is 35.4 Å². The Balaban J connectivity index is 2.40. The average Bonchev–Trinajstić information content (AvgIpc) is 2.59. The highest BCUT2D eigenvalue weighted by molar-refractivity contribution is 6.31. The highest BCUT2D eigenvalue weighted by Gasteiger charge is 2.35. The van der Waals surface area contributed by atoms with Crippen molar-refractivity contribution < 1.29 is 23.1 Å². The largest absolute Gasteiger partial charge is 0.416 e. The van der Waals surface area contributed by atoms with E-state index in [-0.39, 0.29) is 22.2 Å². The predicted octanol–water partition coefficient (Wildman–Crippen LogP) is 2.15. The smallest absolute Gasteiger partial charge is 0.394 e. The van der Waals surface area contributed by atoms with Crippen LogP contribution in [0.4, 0.5) is 19.1 Å². The quantitative estimate of drug-likeness (QED) is 0.691. The van der Waals surface area contributed by atoms with Gasteiger partial charge in [0.05, 0.1) is 17.7 Å². The van der Waals surface area contributed by atoms with Gasteiger partial charge in [0.2, 0.25) is 5.95 Å². The number of rotatable bonds is 5. The van der Waals surface area contributed by atoms with E-state index in [1.807, 2.05) is 0 Å². The first-order valence-corrected chi connectivity index (χ1v) is 8.34. The number of carbonyl (C=O) groups is 1. The maximum absolute atomic E-state index is 12.8. The van der Waals surface area contributed by atoms with Gasteiger partial charge in [-0.1, -0.05) is 17.7 Å². The Labute approximate surface area is 163 Å². The fraction of sp³-hybridized carbons (Fsp3) is 0.353. The lowest BCUT2D eigenvalue weighted by Gasteiger charge is -2.30. The monoisotopic (exact) mass is 418 g/mol. The molecule has 1 atom stereocenters. The van der Waals surface area contributed by atoms with Crippen molar-refractivity contribution in [1.82, 2.24) is 15.3 Å². The molecule has 0 saturated carbocycles. The van der Waals surface area contributed by atoms with Gasteiger partial charge in [-0.25, -0.2) is 4.98 Å². The van der Waals surface area contributed by atoms with Gasteiger partial charge in [0.1, 0.15) is 5.69 Å². The lowest BCUT2D eigenvalue weighted by Crippen LogP contribution is -2.47. The fourth-order valence-electron chi connectivity index (χ4n) is 2.42. The molecule has 28 heavy (non-hydrogen) atoms. The number of carbonyl (C=O) groups excluding carboxylic acids is 1. The maximum Gasteiger partial charge on any atom is 0.416 e. The third kappa shape index (κ3) is 4.63. The molecule has 1 unspecified atom stereocenters. The Bertz CT molecular complexity index is 946. The van der Waals surface area contributed by atoms with Gasteiger partial charge in [0.15, 0.2) is 0 Å². The molecule has 1 heterocycles. The minimum absolute atomic E-state index is 0.0793. The summed E-state index contributed by atoms with van der Waals surface area (Å²) >= 11 is 5.98. The van der Waals surface area contributed by atoms with E-state index in [1.54, 1.807) is 14.1 Å². The Kier molecular flexibility index (Phi) is 6.05. The van der Waals surface area contributed by atoms with Gasteiger partial charge in [-0.3, -0.25) is 14.6 Å². The number of anilines is 1. The van der Waals surface area contributed by atoms with Crippen LogP contribution in [-0.4, -0.2) is 41.7 Å². The molecule has 0 aliphatic heterocycles. The van der Waals surface area contributed by atoms with Crippen molar-refractivity contribution in [3.05, 3.63) is 56.5 Å². The Morgan fingerprint density at radius 1 is 1.32 bits per heavy atom. The second-order valence-electron chi connectivity index (χ2n) is 6.49. The number of alkyl halides is 3. The minimum Gasteiger partial charge on any atom is -0.394 e. The van der Waals surface area contributed by atoms with Crippen LogP contribution in [0.3, 0.4) is 0 Å². The number of H-pyrrole nitrogens is 1. The summed E-state index contributed by atoms with van der Waals surface area (Å²) in [4.78, 5) is 32.2. The molecule has 1 aromatic heterocycles. The van der Waals surface area contributed by atoms with Crippen LogP contribution in [0, 0.1) is 0 Å². The van der Waals surface area contributed by atoms with Crippen molar-refractivity contribution >= 4 is 23.5 Å². The molecule has 1 amide bonds. The summed E-state index contributed by atoms with van der Waals surface area (Å²) in [6.07, 6.45) is -4.58. The number of nitrogens with zero attached hydrogens (tertiary/aromatic N) is 2. The molecule has 0 aliphatic carbocycles. The van der Waals surface area contributed by atoms with E-state index in [1.165, 1.54) is 11.8 Å². The van der Waals surface area contributed by atoms with E-state index in [0.29, 0.717) is 6.07 Å². The maximum atomic E-state index is 12.8. The number of amides is 1. The molecule has 0 fully saturated rings. The first kappa shape index (κ1) is 21.7. The van der Waals surface area contributed by atoms with Gasteiger partial charge < -0.3 is 15.3 Å². The summed E-state index contributed by atoms with van der Waals surface area (Å²) in [5.74, 6) is -0.669. The highest BCUT2D eigenvalue weighted by Crippen LogP contribution is 2.35. The summed E-state index contributed by atoms with van der Waals surface area (Å²) in [7, 11) is 3.22. The first-order chi connectivity index (χ1) is 12.9. The molecule has 152 valence electrons. The lowest BCUT2D eigenvalue weighted by molar-refractivity contribution is -0.137. The normalized spacial score (nSPS) is 13.7. The van der Waals surface area contributed by atoms with Gasteiger partial charge >= 0.3 is 6.18 Å². The van der Waals surface area contributed by atoms with Crippen LogP contribution >= 0.6 is 11.6 Å². The Morgan fingerprint density at radius 2 is 1.96 bits per heavy atom. The fourth-order valence-corrected chi connectivity index (χ4v) is 2.81. The number of aliphatic hydroxyl groups is 1. The molecule has 7 nitrogen and oxygen atoms in total. The average molecular weight is 419 g/mol. The molecule has 0 bridgehead atoms. The summed E-state index contributed by atoms with van der Waals surface area (Å²) in [6.45, 7) is 0.729. The molecule has 0 radical (unpaired) electrons. The van der Waals surface area contributed by atoms with Crippen LogP contribution in [0.15, 0.2) is 29.1 Å². The third-order valence-electron chi connectivity index (χ3n) is 3.98. The zero-order valence-corrected chi connectivity index (χ0v) is 15.9. The Morgan fingerprint density at radius 3 is 2.46 bits per heavy atom. The molecular formula is C17H18ClF3N4O3. The SMILES string of the molecule is CN(C)c1nc(C(=O)NC(C)(CO)c2ccc(C(F)(F)F)cc2Cl)cc(=O)[nH]1. The zero-order valence-electron chi connectivity index (χ0n) is 15.2. The van der Waals surface area contributed by atoms with Crippen LogP contribution in [0.25, 0.3) is 0 Å². The van der Waals surface area contributed by atoms with Crippen molar-refractivity contribution in [2.75, 3.05) is 25.6 Å². The second kappa shape index (κ2) is 7.80. The van der Waals surface area contributed by atoms with Crippen LogP contribution in [0.1, 0.15) is 28.5 Å². The number of hydrogen-bond donors (Lipinski definition) is 3. The van der Waals surface area contributed by atoms with Crippen LogP contribution in [-0.2, 0) is 11.7 Å². The zero-order chi connectivity index (χ0) is 21.3. The number of hydrogen-bond acceptors (Lipinski definition) is 5. The van der Waals surface area contributed by atoms with Crippen molar-refractivity contribution in [3.8, 4) is 0 Å². The summed E-state index contributed by atoms with van der Waals surface area (Å²) in [6, 6.07) is 3.57. The molecule has 0 spiro atoms. The van der Waals surface area contributed by atoms with E-state index in [0.717, 1.165) is 18.2 Å². The second-order valence-corrected chi connectivity index (χ2v) is 6.89. The van der Waals surface area contributed by atoms with E-state index >= 15 is 0 Å². The number of halogens is 4. The van der Waals surface area contributed by atoms with Crippen molar-refractivity contribution in [2.45, 2.75) is 18.6 Å². The number of aromatic amines is 1. The van der Waals surface area contributed by atoms with Crippen LogP contribution in [0.2, 0.25) is 5.02 Å². The van der Waals surface area contributed by atoms with E-state index in [2.05, 4.69) is 15.3 Å².